The Hall–Kier alpha value is -1.62. The molecule has 0 amide bonds. The zero-order valence-corrected chi connectivity index (χ0v) is 10.5. The van der Waals surface area contributed by atoms with Gasteiger partial charge in [0, 0.05) is 37.0 Å². The topological polar surface area (TPSA) is 66.6 Å². The van der Waals surface area contributed by atoms with E-state index in [0.29, 0.717) is 6.04 Å². The third-order valence-electron chi connectivity index (χ3n) is 3.55. The lowest BCUT2D eigenvalue weighted by Gasteiger charge is -2.27. The van der Waals surface area contributed by atoms with Gasteiger partial charge in [-0.3, -0.25) is 10.1 Å². The Morgan fingerprint density at radius 3 is 3.00 bits per heavy atom. The summed E-state index contributed by atoms with van der Waals surface area (Å²) in [6.07, 6.45) is 2.84. The van der Waals surface area contributed by atoms with Gasteiger partial charge in [0.05, 0.1) is 4.92 Å². The molecule has 1 fully saturated rings. The SMILES string of the molecule is Cc1ccc([N+](=O)[O-])cc1N1CCCC1CCO. The van der Waals surface area contributed by atoms with E-state index in [2.05, 4.69) is 4.90 Å². The van der Waals surface area contributed by atoms with Gasteiger partial charge in [0.1, 0.15) is 0 Å². The third kappa shape index (κ3) is 2.46. The average molecular weight is 250 g/mol. The number of rotatable bonds is 4. The smallest absolute Gasteiger partial charge is 0.271 e. The summed E-state index contributed by atoms with van der Waals surface area (Å²) in [7, 11) is 0. The molecule has 0 bridgehead atoms. The number of nitro groups is 1. The summed E-state index contributed by atoms with van der Waals surface area (Å²) in [4.78, 5) is 12.7. The number of anilines is 1. The highest BCUT2D eigenvalue weighted by atomic mass is 16.6. The maximum Gasteiger partial charge on any atom is 0.271 e. The molecule has 0 aliphatic carbocycles. The second-order valence-corrected chi connectivity index (χ2v) is 4.73. The molecule has 0 saturated carbocycles. The summed E-state index contributed by atoms with van der Waals surface area (Å²) in [6.45, 7) is 3.04. The van der Waals surface area contributed by atoms with Gasteiger partial charge in [-0.05, 0) is 31.7 Å². The van der Waals surface area contributed by atoms with Crippen molar-refractivity contribution >= 4 is 11.4 Å². The Balaban J connectivity index is 2.31. The number of hydrogen-bond acceptors (Lipinski definition) is 4. The molecule has 18 heavy (non-hydrogen) atoms. The molecule has 1 saturated heterocycles. The van der Waals surface area contributed by atoms with E-state index in [9.17, 15) is 10.1 Å². The van der Waals surface area contributed by atoms with Crippen LogP contribution >= 0.6 is 0 Å². The van der Waals surface area contributed by atoms with Gasteiger partial charge in [-0.15, -0.1) is 0 Å². The van der Waals surface area contributed by atoms with Crippen LogP contribution in [0.2, 0.25) is 0 Å². The van der Waals surface area contributed by atoms with Crippen LogP contribution in [0.25, 0.3) is 0 Å². The van der Waals surface area contributed by atoms with Gasteiger partial charge in [-0.1, -0.05) is 6.07 Å². The highest BCUT2D eigenvalue weighted by Crippen LogP contribution is 2.32. The first-order chi connectivity index (χ1) is 8.63. The van der Waals surface area contributed by atoms with E-state index in [0.717, 1.165) is 37.1 Å². The first-order valence-electron chi connectivity index (χ1n) is 6.26. The minimum absolute atomic E-state index is 0.130. The fourth-order valence-electron chi connectivity index (χ4n) is 2.62. The van der Waals surface area contributed by atoms with Crippen molar-refractivity contribution < 1.29 is 10.0 Å². The van der Waals surface area contributed by atoms with E-state index in [1.54, 1.807) is 12.1 Å². The van der Waals surface area contributed by atoms with Crippen LogP contribution in [-0.2, 0) is 0 Å². The molecule has 1 aromatic carbocycles. The second-order valence-electron chi connectivity index (χ2n) is 4.73. The Morgan fingerprint density at radius 1 is 1.56 bits per heavy atom. The monoisotopic (exact) mass is 250 g/mol. The molecule has 1 N–H and O–H groups in total. The van der Waals surface area contributed by atoms with Gasteiger partial charge >= 0.3 is 0 Å². The zero-order chi connectivity index (χ0) is 13.1. The van der Waals surface area contributed by atoms with Crippen LogP contribution in [0, 0.1) is 17.0 Å². The van der Waals surface area contributed by atoms with Gasteiger partial charge in [-0.2, -0.15) is 0 Å². The number of aliphatic hydroxyl groups is 1. The molecule has 0 radical (unpaired) electrons. The van der Waals surface area contributed by atoms with Crippen LogP contribution in [0.4, 0.5) is 11.4 Å². The molecular formula is C13H18N2O3. The van der Waals surface area contributed by atoms with Crippen molar-refractivity contribution in [3.8, 4) is 0 Å². The average Bonchev–Trinajstić information content (AvgIpc) is 2.78. The lowest BCUT2D eigenvalue weighted by Crippen LogP contribution is -2.30. The van der Waals surface area contributed by atoms with Crippen LogP contribution in [0.1, 0.15) is 24.8 Å². The van der Waals surface area contributed by atoms with Crippen molar-refractivity contribution in [1.29, 1.82) is 0 Å². The molecule has 1 aromatic rings. The molecule has 5 nitrogen and oxygen atoms in total. The van der Waals surface area contributed by atoms with Crippen molar-refractivity contribution in [3.63, 3.8) is 0 Å². The van der Waals surface area contributed by atoms with Crippen molar-refractivity contribution in [2.24, 2.45) is 0 Å². The van der Waals surface area contributed by atoms with E-state index in [-0.39, 0.29) is 17.2 Å². The molecule has 0 aromatic heterocycles. The largest absolute Gasteiger partial charge is 0.396 e. The summed E-state index contributed by atoms with van der Waals surface area (Å²) in [5.74, 6) is 0. The zero-order valence-electron chi connectivity index (χ0n) is 10.5. The Kier molecular flexibility index (Phi) is 3.81. The lowest BCUT2D eigenvalue weighted by molar-refractivity contribution is -0.384. The minimum Gasteiger partial charge on any atom is -0.396 e. The first-order valence-corrected chi connectivity index (χ1v) is 6.26. The molecule has 5 heteroatoms. The molecule has 2 rings (SSSR count). The van der Waals surface area contributed by atoms with E-state index >= 15 is 0 Å². The van der Waals surface area contributed by atoms with Gasteiger partial charge < -0.3 is 10.0 Å². The minimum atomic E-state index is -0.361. The predicted molar refractivity (Wildman–Crippen MR) is 69.9 cm³/mol. The second kappa shape index (κ2) is 5.35. The van der Waals surface area contributed by atoms with E-state index in [4.69, 9.17) is 5.11 Å². The first kappa shape index (κ1) is 12.8. The normalized spacial score (nSPS) is 19.2. The highest BCUT2D eigenvalue weighted by Gasteiger charge is 2.26. The maximum atomic E-state index is 10.8. The van der Waals surface area contributed by atoms with Crippen LogP contribution in [-0.4, -0.2) is 29.2 Å². The van der Waals surface area contributed by atoms with Crippen LogP contribution in [0.15, 0.2) is 18.2 Å². The Morgan fingerprint density at radius 2 is 2.33 bits per heavy atom. The van der Waals surface area contributed by atoms with Crippen LogP contribution < -0.4 is 4.90 Å². The van der Waals surface area contributed by atoms with E-state index in [1.165, 1.54) is 6.07 Å². The van der Waals surface area contributed by atoms with Crippen molar-refractivity contribution in [2.75, 3.05) is 18.1 Å². The number of aryl methyl sites for hydroxylation is 1. The number of benzene rings is 1. The summed E-state index contributed by atoms with van der Waals surface area (Å²) in [6, 6.07) is 5.28. The number of nitro benzene ring substituents is 1. The third-order valence-corrected chi connectivity index (χ3v) is 3.55. The van der Waals surface area contributed by atoms with E-state index in [1.807, 2.05) is 6.92 Å². The number of nitrogens with zero attached hydrogens (tertiary/aromatic N) is 2. The quantitative estimate of drug-likeness (QED) is 0.657. The molecule has 98 valence electrons. The van der Waals surface area contributed by atoms with Gasteiger partial charge in [0.25, 0.3) is 5.69 Å². The summed E-state index contributed by atoms with van der Waals surface area (Å²) < 4.78 is 0. The molecule has 0 spiro atoms. The molecule has 1 aliphatic heterocycles. The number of aliphatic hydroxyl groups excluding tert-OH is 1. The van der Waals surface area contributed by atoms with E-state index < -0.39 is 0 Å². The summed E-state index contributed by atoms with van der Waals surface area (Å²) >= 11 is 0. The molecule has 1 atom stereocenters. The van der Waals surface area contributed by atoms with Gasteiger partial charge in [0.2, 0.25) is 0 Å². The van der Waals surface area contributed by atoms with Crippen molar-refractivity contribution in [2.45, 2.75) is 32.2 Å². The fourth-order valence-corrected chi connectivity index (χ4v) is 2.62. The van der Waals surface area contributed by atoms with Gasteiger partial charge in [-0.25, -0.2) is 0 Å². The predicted octanol–water partition coefficient (Wildman–Crippen LogP) is 2.25. The molecular weight excluding hydrogens is 232 g/mol. The fraction of sp³-hybridized carbons (Fsp3) is 0.538. The summed E-state index contributed by atoms with van der Waals surface area (Å²) in [5, 5.41) is 19.9. The molecule has 1 unspecified atom stereocenters. The maximum absolute atomic E-state index is 10.8. The van der Waals surface area contributed by atoms with Crippen LogP contribution in [0.3, 0.4) is 0 Å². The van der Waals surface area contributed by atoms with Crippen LogP contribution in [0.5, 0.6) is 0 Å². The van der Waals surface area contributed by atoms with Crippen molar-refractivity contribution in [3.05, 3.63) is 33.9 Å². The molecule has 1 aliphatic rings. The Bertz CT molecular complexity index is 448. The van der Waals surface area contributed by atoms with Crippen molar-refractivity contribution in [1.82, 2.24) is 0 Å². The number of non-ortho nitro benzene ring substituents is 1. The number of hydrogen-bond donors (Lipinski definition) is 1. The standard InChI is InChI=1S/C13H18N2O3/c1-10-4-5-12(15(17)18)9-13(10)14-7-2-3-11(14)6-8-16/h4-5,9,11,16H,2-3,6-8H2,1H3. The van der Waals surface area contributed by atoms with Gasteiger partial charge in [0.15, 0.2) is 0 Å². The highest BCUT2D eigenvalue weighted by molar-refractivity contribution is 5.59. The molecule has 1 heterocycles. The Labute approximate surface area is 106 Å². The lowest BCUT2D eigenvalue weighted by atomic mass is 10.1. The summed E-state index contributed by atoms with van der Waals surface area (Å²) in [5.41, 5.74) is 2.11.